The first-order valence-corrected chi connectivity index (χ1v) is 17.5. The second kappa shape index (κ2) is 9.66. The Morgan fingerprint density at radius 2 is 1.69 bits per heavy atom. The lowest BCUT2D eigenvalue weighted by Gasteiger charge is -2.61. The van der Waals surface area contributed by atoms with Gasteiger partial charge in [0.15, 0.2) is 5.79 Å². The average Bonchev–Trinajstić information content (AvgIpc) is 3.34. The zero-order valence-electron chi connectivity index (χ0n) is 26.5. The van der Waals surface area contributed by atoms with Crippen molar-refractivity contribution in [3.05, 3.63) is 0 Å². The number of carbonyl (C=O) groups is 2. The van der Waals surface area contributed by atoms with Crippen molar-refractivity contribution in [1.29, 1.82) is 0 Å². The van der Waals surface area contributed by atoms with Crippen LogP contribution >= 0.6 is 0 Å². The SMILES string of the molecule is C[C@@H]1CC[C@@]2(OC1)O[C@H]1C[C@H]3[C@@H]4CC[C@H]5C[C@H](NC(=O)CC(=O)N6CC7(COC7)C6)CC[C@]5(C)[C@H]4CC[C@]3(C)[C@H]1[C@@H]2C. The molecule has 8 aliphatic rings. The van der Waals surface area contributed by atoms with E-state index in [1.54, 1.807) is 0 Å². The van der Waals surface area contributed by atoms with Crippen molar-refractivity contribution in [1.82, 2.24) is 10.2 Å². The van der Waals surface area contributed by atoms with Crippen LogP contribution < -0.4 is 5.32 Å². The molecular weight excluding hydrogens is 528 g/mol. The molecule has 4 aliphatic carbocycles. The van der Waals surface area contributed by atoms with Crippen LogP contribution in [0.5, 0.6) is 0 Å². The molecule has 4 saturated carbocycles. The van der Waals surface area contributed by atoms with E-state index >= 15 is 0 Å². The summed E-state index contributed by atoms with van der Waals surface area (Å²) in [6, 6.07) is 0.214. The predicted molar refractivity (Wildman–Crippen MR) is 158 cm³/mol. The maximum atomic E-state index is 12.9. The quantitative estimate of drug-likeness (QED) is 0.465. The van der Waals surface area contributed by atoms with Gasteiger partial charge in [-0.3, -0.25) is 9.59 Å². The van der Waals surface area contributed by atoms with Crippen LogP contribution in [0.4, 0.5) is 0 Å². The molecule has 7 nitrogen and oxygen atoms in total. The lowest BCUT2D eigenvalue weighted by molar-refractivity contribution is -0.273. The Morgan fingerprint density at radius 3 is 2.40 bits per heavy atom. The molecule has 2 amide bonds. The van der Waals surface area contributed by atoms with Crippen molar-refractivity contribution in [2.24, 2.45) is 57.7 Å². The molecule has 4 aliphatic heterocycles. The molecule has 0 unspecified atom stereocenters. The normalized spacial score (nSPS) is 52.0. The summed E-state index contributed by atoms with van der Waals surface area (Å²) in [5.74, 6) is 4.35. The molecule has 42 heavy (non-hydrogen) atoms. The van der Waals surface area contributed by atoms with Crippen LogP contribution in [0.1, 0.15) is 98.3 Å². The number of fused-ring (bicyclic) bond motifs is 7. The molecule has 7 heteroatoms. The molecule has 0 aromatic carbocycles. The van der Waals surface area contributed by atoms with Gasteiger partial charge in [-0.25, -0.2) is 0 Å². The Bertz CT molecular complexity index is 1110. The van der Waals surface area contributed by atoms with Gasteiger partial charge in [-0.05, 0) is 104 Å². The third-order valence-electron chi connectivity index (χ3n) is 14.8. The van der Waals surface area contributed by atoms with E-state index in [1.165, 1.54) is 44.9 Å². The van der Waals surface area contributed by atoms with Gasteiger partial charge >= 0.3 is 0 Å². The third-order valence-corrected chi connectivity index (χ3v) is 14.8. The Hall–Kier alpha value is -1.18. The minimum Gasteiger partial charge on any atom is -0.380 e. The molecule has 4 heterocycles. The fraction of sp³-hybridized carbons (Fsp3) is 0.943. The molecule has 0 aromatic rings. The summed E-state index contributed by atoms with van der Waals surface area (Å²) in [5, 5.41) is 3.29. The van der Waals surface area contributed by atoms with Gasteiger partial charge < -0.3 is 24.4 Å². The minimum absolute atomic E-state index is 0.00544. The van der Waals surface area contributed by atoms with Crippen molar-refractivity contribution in [2.45, 2.75) is 116 Å². The van der Waals surface area contributed by atoms with Gasteiger partial charge in [0.05, 0.1) is 31.3 Å². The second-order valence-corrected chi connectivity index (χ2v) is 17.1. The van der Waals surface area contributed by atoms with E-state index < -0.39 is 0 Å². The zero-order valence-corrected chi connectivity index (χ0v) is 26.5. The highest BCUT2D eigenvalue weighted by molar-refractivity contribution is 5.97. The number of likely N-dealkylation sites (tertiary alicyclic amines) is 1. The molecule has 12 atom stereocenters. The maximum absolute atomic E-state index is 12.9. The van der Waals surface area contributed by atoms with Crippen LogP contribution in [0.2, 0.25) is 0 Å². The molecule has 8 rings (SSSR count). The summed E-state index contributed by atoms with van der Waals surface area (Å²) in [5.41, 5.74) is 0.929. The molecule has 0 bridgehead atoms. The van der Waals surface area contributed by atoms with E-state index in [0.29, 0.717) is 40.6 Å². The van der Waals surface area contributed by atoms with E-state index in [0.717, 1.165) is 69.9 Å². The van der Waals surface area contributed by atoms with Crippen LogP contribution in [-0.4, -0.2) is 67.6 Å². The van der Waals surface area contributed by atoms with Crippen LogP contribution in [0.25, 0.3) is 0 Å². The number of hydrogen-bond donors (Lipinski definition) is 1. The molecule has 0 aromatic heterocycles. The minimum atomic E-state index is -0.327. The summed E-state index contributed by atoms with van der Waals surface area (Å²) >= 11 is 0. The van der Waals surface area contributed by atoms with Gasteiger partial charge in [-0.2, -0.15) is 0 Å². The molecular formula is C35H54N2O5. The summed E-state index contributed by atoms with van der Waals surface area (Å²) in [6.45, 7) is 13.9. The van der Waals surface area contributed by atoms with Gasteiger partial charge in [-0.15, -0.1) is 0 Å². The van der Waals surface area contributed by atoms with E-state index in [2.05, 4.69) is 33.0 Å². The highest BCUT2D eigenvalue weighted by Crippen LogP contribution is 2.71. The largest absolute Gasteiger partial charge is 0.380 e. The lowest BCUT2D eigenvalue weighted by Crippen LogP contribution is -2.67. The van der Waals surface area contributed by atoms with Gasteiger partial charge in [0.1, 0.15) is 6.42 Å². The first-order chi connectivity index (χ1) is 20.0. The number of nitrogens with one attached hydrogen (secondary N) is 1. The maximum Gasteiger partial charge on any atom is 0.232 e. The number of hydrogen-bond acceptors (Lipinski definition) is 5. The summed E-state index contributed by atoms with van der Waals surface area (Å²) in [6.07, 6.45) is 12.5. The van der Waals surface area contributed by atoms with Crippen molar-refractivity contribution < 1.29 is 23.8 Å². The second-order valence-electron chi connectivity index (χ2n) is 17.1. The Morgan fingerprint density at radius 1 is 0.905 bits per heavy atom. The molecule has 0 radical (unpaired) electrons. The number of rotatable bonds is 3. The van der Waals surface area contributed by atoms with Crippen LogP contribution in [-0.2, 0) is 23.8 Å². The van der Waals surface area contributed by atoms with Gasteiger partial charge in [0, 0.05) is 31.5 Å². The average molecular weight is 583 g/mol. The van der Waals surface area contributed by atoms with Crippen molar-refractivity contribution in [3.8, 4) is 0 Å². The van der Waals surface area contributed by atoms with Crippen LogP contribution in [0.15, 0.2) is 0 Å². The predicted octanol–water partition coefficient (Wildman–Crippen LogP) is 5.17. The van der Waals surface area contributed by atoms with Crippen LogP contribution in [0.3, 0.4) is 0 Å². The van der Waals surface area contributed by atoms with Crippen molar-refractivity contribution >= 4 is 11.8 Å². The lowest BCUT2D eigenvalue weighted by atomic mass is 9.44. The Labute approximate surface area is 252 Å². The number of ether oxygens (including phenoxy) is 3. The molecule has 234 valence electrons. The summed E-state index contributed by atoms with van der Waals surface area (Å²) in [7, 11) is 0. The van der Waals surface area contributed by atoms with Crippen LogP contribution in [0, 0.1) is 57.7 Å². The fourth-order valence-corrected chi connectivity index (χ4v) is 12.4. The Kier molecular flexibility index (Phi) is 6.51. The molecule has 1 N–H and O–H groups in total. The zero-order chi connectivity index (χ0) is 29.1. The number of carbonyl (C=O) groups excluding carboxylic acids is 2. The summed E-state index contributed by atoms with van der Waals surface area (Å²) in [4.78, 5) is 27.4. The molecule has 4 saturated heterocycles. The fourth-order valence-electron chi connectivity index (χ4n) is 12.4. The first-order valence-electron chi connectivity index (χ1n) is 17.5. The van der Waals surface area contributed by atoms with Crippen molar-refractivity contribution in [2.75, 3.05) is 32.9 Å². The standard InChI is InChI=1S/C35H54N2O5/c1-21-7-12-35(41-16-21)22(2)31-28(42-35)14-27-25-6-5-23-13-24(8-10-32(23,3)26(25)9-11-33(27,31)4)36-29(38)15-30(39)37-17-34(18-37)19-40-20-34/h21-28,31H,5-20H2,1-4H3,(H,36,38)/t21-,22+,23+,24-,25-,26+,27+,28+,31+,32+,33+,35-/m1/s1. The smallest absolute Gasteiger partial charge is 0.232 e. The van der Waals surface area contributed by atoms with E-state index in [1.807, 2.05) is 4.90 Å². The monoisotopic (exact) mass is 582 g/mol. The summed E-state index contributed by atoms with van der Waals surface area (Å²) < 4.78 is 18.8. The Balaban J connectivity index is 0.890. The van der Waals surface area contributed by atoms with E-state index in [-0.39, 0.29) is 35.5 Å². The highest BCUT2D eigenvalue weighted by Gasteiger charge is 2.69. The highest BCUT2D eigenvalue weighted by atomic mass is 16.7. The third kappa shape index (κ3) is 4.07. The first kappa shape index (κ1) is 28.3. The number of nitrogens with zero attached hydrogens (tertiary/aromatic N) is 1. The molecule has 2 spiro atoms. The topological polar surface area (TPSA) is 77.1 Å². The van der Waals surface area contributed by atoms with Gasteiger partial charge in [0.2, 0.25) is 11.8 Å². The van der Waals surface area contributed by atoms with Gasteiger partial charge in [-0.1, -0.05) is 27.7 Å². The van der Waals surface area contributed by atoms with E-state index in [4.69, 9.17) is 14.2 Å². The number of amides is 2. The van der Waals surface area contributed by atoms with Crippen molar-refractivity contribution in [3.63, 3.8) is 0 Å². The van der Waals surface area contributed by atoms with Gasteiger partial charge in [0.25, 0.3) is 0 Å². The molecule has 8 fully saturated rings. The van der Waals surface area contributed by atoms with E-state index in [9.17, 15) is 9.59 Å².